The van der Waals surface area contributed by atoms with Crippen molar-refractivity contribution >= 4 is 5.97 Å². The van der Waals surface area contributed by atoms with Crippen LogP contribution in [-0.2, 0) is 16.0 Å². The predicted octanol–water partition coefficient (Wildman–Crippen LogP) is 3.90. The minimum absolute atomic E-state index is 0.243. The second kappa shape index (κ2) is 10.6. The molecule has 0 aliphatic rings. The van der Waals surface area contributed by atoms with Crippen LogP contribution in [0.4, 0.5) is 0 Å². The molecule has 0 fully saturated rings. The van der Waals surface area contributed by atoms with Gasteiger partial charge >= 0.3 is 5.97 Å². The molecule has 4 heteroatoms. The lowest BCUT2D eigenvalue weighted by molar-refractivity contribution is -0.146. The van der Waals surface area contributed by atoms with Crippen LogP contribution in [0.25, 0.3) is 0 Å². The molecule has 0 bridgehead atoms. The number of esters is 1. The van der Waals surface area contributed by atoms with E-state index in [1.54, 1.807) is 0 Å². The zero-order chi connectivity index (χ0) is 20.5. The Labute approximate surface area is 172 Å². The summed E-state index contributed by atoms with van der Waals surface area (Å²) in [4.78, 5) is 12.5. The van der Waals surface area contributed by atoms with Crippen molar-refractivity contribution in [2.75, 3.05) is 7.11 Å². The van der Waals surface area contributed by atoms with E-state index < -0.39 is 18.1 Å². The summed E-state index contributed by atoms with van der Waals surface area (Å²) >= 11 is 0. The third kappa shape index (κ3) is 5.76. The monoisotopic (exact) mass is 389 g/mol. The number of carbonyl (C=O) groups is 1. The highest BCUT2D eigenvalue weighted by atomic mass is 16.5. The number of aliphatic hydroxyl groups is 1. The van der Waals surface area contributed by atoms with E-state index in [2.05, 4.69) is 5.32 Å². The first kappa shape index (κ1) is 20.8. The van der Waals surface area contributed by atoms with E-state index in [0.29, 0.717) is 12.8 Å². The molecule has 0 heterocycles. The van der Waals surface area contributed by atoms with Crippen molar-refractivity contribution in [2.24, 2.45) is 0 Å². The van der Waals surface area contributed by atoms with Crippen LogP contribution in [0.15, 0.2) is 91.0 Å². The van der Waals surface area contributed by atoms with E-state index in [-0.39, 0.29) is 6.04 Å². The summed E-state index contributed by atoms with van der Waals surface area (Å²) in [6.45, 7) is 0. The summed E-state index contributed by atoms with van der Waals surface area (Å²) in [7, 11) is 1.35. The molecule has 0 saturated heterocycles. The number of hydrogen-bond donors (Lipinski definition) is 2. The fraction of sp³-hybridized carbons (Fsp3) is 0.240. The van der Waals surface area contributed by atoms with Gasteiger partial charge in [-0.05, 0) is 29.5 Å². The van der Waals surface area contributed by atoms with Crippen LogP contribution in [0.5, 0.6) is 0 Å². The van der Waals surface area contributed by atoms with Gasteiger partial charge in [-0.1, -0.05) is 91.0 Å². The molecule has 3 aromatic carbocycles. The van der Waals surface area contributed by atoms with Gasteiger partial charge < -0.3 is 9.84 Å². The van der Waals surface area contributed by atoms with Gasteiger partial charge in [-0.25, -0.2) is 0 Å². The summed E-state index contributed by atoms with van der Waals surface area (Å²) < 4.78 is 5.00. The Morgan fingerprint density at radius 1 is 0.862 bits per heavy atom. The average molecular weight is 389 g/mol. The number of aliphatic hydroxyl groups excluding tert-OH is 1. The number of ether oxygens (including phenoxy) is 1. The predicted molar refractivity (Wildman–Crippen MR) is 114 cm³/mol. The minimum atomic E-state index is -0.877. The SMILES string of the molecule is COC(=O)C(NC(c1ccccc1)c1ccccc1)C(O)CCc1ccccc1. The molecule has 2 N–H and O–H groups in total. The number of benzene rings is 3. The summed E-state index contributed by atoms with van der Waals surface area (Å²) in [5.41, 5.74) is 3.16. The van der Waals surface area contributed by atoms with Crippen molar-refractivity contribution < 1.29 is 14.6 Å². The van der Waals surface area contributed by atoms with Crippen molar-refractivity contribution in [3.05, 3.63) is 108 Å². The van der Waals surface area contributed by atoms with Crippen LogP contribution in [0.1, 0.15) is 29.2 Å². The first-order valence-corrected chi connectivity index (χ1v) is 9.85. The fourth-order valence-corrected chi connectivity index (χ4v) is 3.44. The molecule has 0 aliphatic heterocycles. The Kier molecular flexibility index (Phi) is 7.56. The smallest absolute Gasteiger partial charge is 0.325 e. The quantitative estimate of drug-likeness (QED) is 0.545. The van der Waals surface area contributed by atoms with Crippen LogP contribution in [0.2, 0.25) is 0 Å². The van der Waals surface area contributed by atoms with Gasteiger partial charge in [-0.2, -0.15) is 0 Å². The first-order valence-electron chi connectivity index (χ1n) is 9.85. The molecule has 4 nitrogen and oxygen atoms in total. The van der Waals surface area contributed by atoms with Gasteiger partial charge in [-0.3, -0.25) is 10.1 Å². The van der Waals surface area contributed by atoms with E-state index in [1.807, 2.05) is 91.0 Å². The Hall–Kier alpha value is -2.95. The number of methoxy groups -OCH3 is 1. The lowest BCUT2D eigenvalue weighted by Crippen LogP contribution is -2.48. The fourth-order valence-electron chi connectivity index (χ4n) is 3.44. The average Bonchev–Trinajstić information content (AvgIpc) is 2.79. The lowest BCUT2D eigenvalue weighted by atomic mass is 9.95. The second-order valence-electron chi connectivity index (χ2n) is 7.01. The summed E-state index contributed by atoms with van der Waals surface area (Å²) in [6, 6.07) is 28.7. The molecule has 0 aliphatic carbocycles. The molecule has 3 aromatic rings. The van der Waals surface area contributed by atoms with Crippen molar-refractivity contribution in [1.82, 2.24) is 5.32 Å². The molecule has 0 spiro atoms. The van der Waals surface area contributed by atoms with Crippen molar-refractivity contribution in [3.8, 4) is 0 Å². The van der Waals surface area contributed by atoms with E-state index in [4.69, 9.17) is 4.74 Å². The zero-order valence-corrected chi connectivity index (χ0v) is 16.6. The number of carbonyl (C=O) groups excluding carboxylic acids is 1. The third-order valence-corrected chi connectivity index (χ3v) is 5.02. The number of hydrogen-bond acceptors (Lipinski definition) is 4. The van der Waals surface area contributed by atoms with Gasteiger partial charge in [0, 0.05) is 0 Å². The van der Waals surface area contributed by atoms with Crippen LogP contribution in [-0.4, -0.2) is 30.3 Å². The Bertz CT molecular complexity index is 829. The maximum atomic E-state index is 12.5. The lowest BCUT2D eigenvalue weighted by Gasteiger charge is -2.28. The van der Waals surface area contributed by atoms with E-state index in [0.717, 1.165) is 16.7 Å². The Balaban J connectivity index is 1.81. The number of aryl methyl sites for hydroxylation is 1. The van der Waals surface area contributed by atoms with Crippen molar-refractivity contribution in [2.45, 2.75) is 31.0 Å². The minimum Gasteiger partial charge on any atom is -0.468 e. The van der Waals surface area contributed by atoms with Crippen LogP contribution < -0.4 is 5.32 Å². The van der Waals surface area contributed by atoms with Crippen molar-refractivity contribution in [3.63, 3.8) is 0 Å². The maximum Gasteiger partial charge on any atom is 0.325 e. The molecular weight excluding hydrogens is 362 g/mol. The summed E-state index contributed by atoms with van der Waals surface area (Å²) in [5.74, 6) is -0.470. The van der Waals surface area contributed by atoms with E-state index in [1.165, 1.54) is 7.11 Å². The molecular formula is C25H27NO3. The van der Waals surface area contributed by atoms with E-state index in [9.17, 15) is 9.90 Å². The van der Waals surface area contributed by atoms with E-state index >= 15 is 0 Å². The summed E-state index contributed by atoms with van der Waals surface area (Å²) in [5, 5.41) is 14.2. The molecule has 150 valence electrons. The normalized spacial score (nSPS) is 13.1. The van der Waals surface area contributed by atoms with Gasteiger partial charge in [0.1, 0.15) is 6.04 Å². The highest BCUT2D eigenvalue weighted by molar-refractivity contribution is 5.76. The molecule has 2 atom stereocenters. The second-order valence-corrected chi connectivity index (χ2v) is 7.01. The molecule has 0 aromatic heterocycles. The summed E-state index contributed by atoms with van der Waals surface area (Å²) in [6.07, 6.45) is 0.253. The Morgan fingerprint density at radius 3 is 1.83 bits per heavy atom. The molecule has 0 amide bonds. The standard InChI is InChI=1S/C25H27NO3/c1-29-25(28)24(22(27)18-17-19-11-5-2-6-12-19)26-23(20-13-7-3-8-14-20)21-15-9-4-10-16-21/h2-16,22-24,26-27H,17-18H2,1H3. The maximum absolute atomic E-state index is 12.5. The Morgan fingerprint density at radius 2 is 1.34 bits per heavy atom. The largest absolute Gasteiger partial charge is 0.468 e. The molecule has 3 rings (SSSR count). The highest BCUT2D eigenvalue weighted by Gasteiger charge is 2.31. The van der Waals surface area contributed by atoms with Gasteiger partial charge in [0.15, 0.2) is 0 Å². The van der Waals surface area contributed by atoms with Gasteiger partial charge in [0.2, 0.25) is 0 Å². The molecule has 2 unspecified atom stereocenters. The molecule has 0 radical (unpaired) electrons. The van der Waals surface area contributed by atoms with Crippen molar-refractivity contribution in [1.29, 1.82) is 0 Å². The molecule has 0 saturated carbocycles. The van der Waals surface area contributed by atoms with Gasteiger partial charge in [0.25, 0.3) is 0 Å². The first-order chi connectivity index (χ1) is 14.2. The number of rotatable bonds is 9. The van der Waals surface area contributed by atoms with Gasteiger partial charge in [0.05, 0.1) is 19.3 Å². The highest BCUT2D eigenvalue weighted by Crippen LogP contribution is 2.23. The zero-order valence-electron chi connectivity index (χ0n) is 16.6. The molecule has 29 heavy (non-hydrogen) atoms. The topological polar surface area (TPSA) is 58.6 Å². The number of nitrogens with one attached hydrogen (secondary N) is 1. The van der Waals surface area contributed by atoms with Crippen LogP contribution >= 0.6 is 0 Å². The van der Waals surface area contributed by atoms with Crippen LogP contribution in [0, 0.1) is 0 Å². The van der Waals surface area contributed by atoms with Crippen LogP contribution in [0.3, 0.4) is 0 Å². The van der Waals surface area contributed by atoms with Gasteiger partial charge in [-0.15, -0.1) is 0 Å². The third-order valence-electron chi connectivity index (χ3n) is 5.02.